The van der Waals surface area contributed by atoms with Gasteiger partial charge in [-0.05, 0) is 62.1 Å². The fourth-order valence-electron chi connectivity index (χ4n) is 3.43. The molecule has 0 aliphatic rings. The Labute approximate surface area is 195 Å². The van der Waals surface area contributed by atoms with Crippen molar-refractivity contribution in [2.24, 2.45) is 4.99 Å². The molecule has 0 saturated heterocycles. The van der Waals surface area contributed by atoms with Gasteiger partial charge in [-0.1, -0.05) is 37.6 Å². The first-order chi connectivity index (χ1) is 15.8. The summed E-state index contributed by atoms with van der Waals surface area (Å²) in [4.78, 5) is 11.3. The van der Waals surface area contributed by atoms with Crippen LogP contribution in [0.3, 0.4) is 0 Å². The second kappa shape index (κ2) is 11.0. The van der Waals surface area contributed by atoms with Crippen LogP contribution in [0.5, 0.6) is 5.88 Å². The first kappa shape index (κ1) is 24.4. The topological polar surface area (TPSA) is 37.7 Å². The standard InChI is InChI=1S/C27H31F2N3O/c1-6-8-20-9-11-21(12-10-20)25-16-26(30-17-32(5)7-2)18(3)31-27(25)33-19(4)22-13-23(28)15-24(29)14-22/h9-17,19H,6-8H2,1-5H3. The van der Waals surface area contributed by atoms with Crippen molar-refractivity contribution in [3.63, 3.8) is 0 Å². The van der Waals surface area contributed by atoms with E-state index >= 15 is 0 Å². The summed E-state index contributed by atoms with van der Waals surface area (Å²) in [6, 6.07) is 13.6. The highest BCUT2D eigenvalue weighted by Crippen LogP contribution is 2.36. The summed E-state index contributed by atoms with van der Waals surface area (Å²) < 4.78 is 33.6. The van der Waals surface area contributed by atoms with Crippen molar-refractivity contribution in [2.75, 3.05) is 13.6 Å². The van der Waals surface area contributed by atoms with Gasteiger partial charge in [-0.25, -0.2) is 18.8 Å². The number of hydrogen-bond donors (Lipinski definition) is 0. The largest absolute Gasteiger partial charge is 0.469 e. The van der Waals surface area contributed by atoms with Crippen LogP contribution in [0.4, 0.5) is 14.5 Å². The van der Waals surface area contributed by atoms with Gasteiger partial charge in [-0.3, -0.25) is 0 Å². The summed E-state index contributed by atoms with van der Waals surface area (Å²) in [5, 5.41) is 0. The highest BCUT2D eigenvalue weighted by molar-refractivity contribution is 5.74. The Kier molecular flexibility index (Phi) is 8.15. The van der Waals surface area contributed by atoms with Crippen molar-refractivity contribution in [1.82, 2.24) is 9.88 Å². The van der Waals surface area contributed by atoms with Gasteiger partial charge < -0.3 is 9.64 Å². The molecule has 1 unspecified atom stereocenters. The van der Waals surface area contributed by atoms with Crippen LogP contribution in [0.25, 0.3) is 11.1 Å². The molecule has 33 heavy (non-hydrogen) atoms. The molecule has 0 fully saturated rings. The summed E-state index contributed by atoms with van der Waals surface area (Å²) in [7, 11) is 1.96. The first-order valence-corrected chi connectivity index (χ1v) is 11.3. The zero-order valence-electron chi connectivity index (χ0n) is 19.9. The van der Waals surface area contributed by atoms with Crippen molar-refractivity contribution in [3.8, 4) is 17.0 Å². The van der Waals surface area contributed by atoms with E-state index in [4.69, 9.17) is 4.74 Å². The number of aliphatic imine (C=N–C) groups is 1. The Balaban J connectivity index is 2.03. The molecule has 2 aromatic carbocycles. The van der Waals surface area contributed by atoms with Gasteiger partial charge >= 0.3 is 0 Å². The Hall–Kier alpha value is -3.28. The van der Waals surface area contributed by atoms with Gasteiger partial charge in [0, 0.05) is 25.2 Å². The minimum atomic E-state index is -0.638. The predicted molar refractivity (Wildman–Crippen MR) is 130 cm³/mol. The molecule has 0 aliphatic carbocycles. The average molecular weight is 452 g/mol. The average Bonchev–Trinajstić information content (AvgIpc) is 2.78. The van der Waals surface area contributed by atoms with Gasteiger partial charge in [-0.15, -0.1) is 0 Å². The molecule has 4 nitrogen and oxygen atoms in total. The lowest BCUT2D eigenvalue weighted by molar-refractivity contribution is 0.217. The van der Waals surface area contributed by atoms with Crippen LogP contribution >= 0.6 is 0 Å². The van der Waals surface area contributed by atoms with Crippen molar-refractivity contribution in [3.05, 3.63) is 77.0 Å². The third-order valence-corrected chi connectivity index (χ3v) is 5.49. The molecule has 0 N–H and O–H groups in total. The molecule has 0 aliphatic heterocycles. The number of benzene rings is 2. The smallest absolute Gasteiger partial charge is 0.222 e. The summed E-state index contributed by atoms with van der Waals surface area (Å²) in [5.41, 5.74) is 4.82. The SMILES string of the molecule is CCCc1ccc(-c2cc(N=CN(C)CC)c(C)nc2OC(C)c2cc(F)cc(F)c2)cc1. The van der Waals surface area contributed by atoms with Crippen molar-refractivity contribution >= 4 is 12.0 Å². The Morgan fingerprint density at radius 3 is 2.33 bits per heavy atom. The second-order valence-electron chi connectivity index (χ2n) is 8.17. The molecule has 1 atom stereocenters. The molecule has 6 heteroatoms. The fourth-order valence-corrected chi connectivity index (χ4v) is 3.43. The molecule has 0 saturated carbocycles. The van der Waals surface area contributed by atoms with Gasteiger partial charge in [0.1, 0.15) is 17.7 Å². The molecule has 1 aromatic heterocycles. The number of ether oxygens (including phenoxy) is 1. The number of aromatic nitrogens is 1. The Bertz CT molecular complexity index is 1090. The van der Waals surface area contributed by atoms with E-state index in [9.17, 15) is 8.78 Å². The fraction of sp³-hybridized carbons (Fsp3) is 0.333. The van der Waals surface area contributed by atoms with Crippen LogP contribution in [-0.4, -0.2) is 29.8 Å². The van der Waals surface area contributed by atoms with Gasteiger partial charge in [0.15, 0.2) is 0 Å². The van der Waals surface area contributed by atoms with E-state index < -0.39 is 17.7 Å². The van der Waals surface area contributed by atoms with Crippen LogP contribution in [0, 0.1) is 18.6 Å². The lowest BCUT2D eigenvalue weighted by Crippen LogP contribution is -2.14. The van der Waals surface area contributed by atoms with Crippen LogP contribution in [-0.2, 0) is 6.42 Å². The van der Waals surface area contributed by atoms with E-state index in [2.05, 4.69) is 29.0 Å². The van der Waals surface area contributed by atoms with Crippen molar-refractivity contribution in [1.29, 1.82) is 0 Å². The highest BCUT2D eigenvalue weighted by Gasteiger charge is 2.17. The van der Waals surface area contributed by atoms with Crippen molar-refractivity contribution < 1.29 is 13.5 Å². The zero-order chi connectivity index (χ0) is 24.0. The maximum atomic E-state index is 13.7. The highest BCUT2D eigenvalue weighted by atomic mass is 19.1. The van der Waals surface area contributed by atoms with E-state index in [1.165, 1.54) is 17.7 Å². The van der Waals surface area contributed by atoms with Gasteiger partial charge in [-0.2, -0.15) is 0 Å². The normalized spacial score (nSPS) is 12.2. The maximum Gasteiger partial charge on any atom is 0.222 e. The molecular formula is C27H31F2N3O. The van der Waals surface area contributed by atoms with Crippen LogP contribution in [0.1, 0.15) is 50.1 Å². The lowest BCUT2D eigenvalue weighted by atomic mass is 10.0. The molecular weight excluding hydrogens is 420 g/mol. The first-order valence-electron chi connectivity index (χ1n) is 11.3. The zero-order valence-corrected chi connectivity index (χ0v) is 19.9. The predicted octanol–water partition coefficient (Wildman–Crippen LogP) is 7.04. The third kappa shape index (κ3) is 6.37. The quantitative estimate of drug-likeness (QED) is 0.259. The van der Waals surface area contributed by atoms with E-state index in [0.29, 0.717) is 17.1 Å². The van der Waals surface area contributed by atoms with Gasteiger partial charge in [0.2, 0.25) is 5.88 Å². The van der Waals surface area contributed by atoms with E-state index in [-0.39, 0.29) is 0 Å². The van der Waals surface area contributed by atoms with Crippen molar-refractivity contribution in [2.45, 2.75) is 46.6 Å². The van der Waals surface area contributed by atoms with Crippen LogP contribution < -0.4 is 4.74 Å². The number of pyridine rings is 1. The van der Waals surface area contributed by atoms with Gasteiger partial charge in [0.05, 0.1) is 17.7 Å². The number of hydrogen-bond acceptors (Lipinski definition) is 3. The van der Waals surface area contributed by atoms with Crippen LogP contribution in [0.2, 0.25) is 0 Å². The van der Waals surface area contributed by atoms with E-state index in [1.807, 2.05) is 44.0 Å². The Morgan fingerprint density at radius 2 is 1.73 bits per heavy atom. The Morgan fingerprint density at radius 1 is 1.06 bits per heavy atom. The summed E-state index contributed by atoms with van der Waals surface area (Å²) in [5.74, 6) is -0.877. The van der Waals surface area contributed by atoms with Gasteiger partial charge in [0.25, 0.3) is 0 Å². The number of halogens is 2. The number of nitrogens with zero attached hydrogens (tertiary/aromatic N) is 3. The third-order valence-electron chi connectivity index (χ3n) is 5.49. The molecule has 3 aromatic rings. The molecule has 0 amide bonds. The molecule has 0 radical (unpaired) electrons. The molecule has 174 valence electrons. The monoisotopic (exact) mass is 451 g/mol. The van der Waals surface area contributed by atoms with Crippen LogP contribution in [0.15, 0.2) is 53.5 Å². The summed E-state index contributed by atoms with van der Waals surface area (Å²) in [6.07, 6.45) is 3.26. The number of aryl methyl sites for hydroxylation is 2. The minimum absolute atomic E-state index is 0.399. The summed E-state index contributed by atoms with van der Waals surface area (Å²) in [6.45, 7) is 8.66. The molecule has 0 bridgehead atoms. The second-order valence-corrected chi connectivity index (χ2v) is 8.17. The lowest BCUT2D eigenvalue weighted by Gasteiger charge is -2.19. The molecule has 1 heterocycles. The number of rotatable bonds is 9. The molecule has 3 rings (SSSR count). The molecule has 0 spiro atoms. The van der Waals surface area contributed by atoms with E-state index in [0.717, 1.165) is 42.3 Å². The summed E-state index contributed by atoms with van der Waals surface area (Å²) >= 11 is 0. The van der Waals surface area contributed by atoms with E-state index in [1.54, 1.807) is 13.3 Å². The maximum absolute atomic E-state index is 13.7. The minimum Gasteiger partial charge on any atom is -0.469 e.